The lowest BCUT2D eigenvalue weighted by molar-refractivity contribution is 0.286. The first kappa shape index (κ1) is 3.29. The topological polar surface area (TPSA) is 17.4 Å². The van der Waals surface area contributed by atoms with Crippen LogP contribution in [-0.4, -0.2) is 36.5 Å². The lowest BCUT2D eigenvalue weighted by Gasteiger charge is -2.20. The van der Waals surface area contributed by atoms with E-state index >= 15 is 0 Å². The van der Waals surface area contributed by atoms with Gasteiger partial charge in [0, 0.05) is 43.3 Å². The van der Waals surface area contributed by atoms with E-state index < -0.39 is 45.3 Å². The molecule has 0 bridgehead atoms. The molecule has 1 heterocycles. The van der Waals surface area contributed by atoms with Gasteiger partial charge in [0.25, 0.3) is 0 Å². The van der Waals surface area contributed by atoms with Crippen LogP contribution in [0.1, 0.15) is 27.4 Å². The summed E-state index contributed by atoms with van der Waals surface area (Å²) in [4.78, 5) is -0.599. The summed E-state index contributed by atoms with van der Waals surface area (Å²) in [6.45, 7) is -14.5. The zero-order valence-corrected chi connectivity index (χ0v) is 8.69. The molecule has 0 fully saturated rings. The van der Waals surface area contributed by atoms with Crippen LogP contribution in [0.3, 0.4) is 0 Å². The number of hydrogen-bond donors (Lipinski definition) is 0. The molecule has 0 aliphatic heterocycles. The first-order chi connectivity index (χ1) is 14.0. The van der Waals surface area contributed by atoms with Crippen molar-refractivity contribution in [2.24, 2.45) is 0 Å². The fourth-order valence-corrected chi connectivity index (χ4v) is 1.45. The molecule has 0 saturated carbocycles. The fraction of sp³-hybridized carbons (Fsp3) is 0.429. The fourth-order valence-electron chi connectivity index (χ4n) is 1.45. The molecule has 0 amide bonds. The molecule has 2 aromatic rings. The van der Waals surface area contributed by atoms with E-state index in [1.165, 1.54) is 18.2 Å². The molecular formula is C14H20N2O. The number of hydrogen-bond acceptors (Lipinski definition) is 2. The molecule has 0 saturated heterocycles. The van der Waals surface area contributed by atoms with E-state index in [0.29, 0.717) is 4.57 Å². The second-order valence-electron chi connectivity index (χ2n) is 3.30. The summed E-state index contributed by atoms with van der Waals surface area (Å²) in [6.07, 6.45) is 1.01. The van der Waals surface area contributed by atoms with Crippen LogP contribution in [0.15, 0.2) is 30.5 Å². The van der Waals surface area contributed by atoms with Gasteiger partial charge >= 0.3 is 0 Å². The van der Waals surface area contributed by atoms with Crippen LogP contribution in [0, 0.1) is 0 Å². The van der Waals surface area contributed by atoms with Crippen molar-refractivity contribution >= 4 is 10.9 Å². The predicted molar refractivity (Wildman–Crippen MR) is 71.6 cm³/mol. The Kier molecular flexibility index (Phi) is 0.929. The maximum Gasteiger partial charge on any atom is 0.119 e. The molecule has 0 aliphatic carbocycles. The Morgan fingerprint density at radius 2 is 2.47 bits per heavy atom. The Morgan fingerprint density at radius 1 is 1.53 bits per heavy atom. The maximum absolute atomic E-state index is 8.50. The zero-order valence-electron chi connectivity index (χ0n) is 23.7. The van der Waals surface area contributed by atoms with Gasteiger partial charge in [0.2, 0.25) is 0 Å². The van der Waals surface area contributed by atoms with Gasteiger partial charge < -0.3 is 14.2 Å². The molecule has 17 heavy (non-hydrogen) atoms. The predicted octanol–water partition coefficient (Wildman–Crippen LogP) is 2.60. The number of fused-ring (bicyclic) bond motifs is 1. The molecule has 1 aromatic heterocycles. The summed E-state index contributed by atoms with van der Waals surface area (Å²) in [6, 6.07) is 1.03. The standard InChI is InChI=1S/C14H20N2O/c1-11(15(2)3)10-16-8-7-12-9-13(17-4)5-6-14(12)16/h5-9,11H,10H2,1-4H3/t11-/m0/s1/i1D3,2D3,3D3,4D3,10D2,11D. The molecule has 0 radical (unpaired) electrons. The third kappa shape index (κ3) is 2.44. The van der Waals surface area contributed by atoms with Crippen LogP contribution in [-0.2, 0) is 6.50 Å². The number of methoxy groups -OCH3 is 1. The third-order valence-electron chi connectivity index (χ3n) is 2.23. The highest BCUT2D eigenvalue weighted by Gasteiger charge is 2.08. The lowest BCUT2D eigenvalue weighted by Crippen LogP contribution is -2.28. The highest BCUT2D eigenvalue weighted by molar-refractivity contribution is 5.81. The lowest BCUT2D eigenvalue weighted by atomic mass is 10.2. The van der Waals surface area contributed by atoms with E-state index in [-0.39, 0.29) is 16.7 Å². The molecule has 3 nitrogen and oxygen atoms in total. The van der Waals surface area contributed by atoms with E-state index in [4.69, 9.17) is 25.3 Å². The summed E-state index contributed by atoms with van der Waals surface area (Å²) >= 11 is 0. The minimum absolute atomic E-state index is 0.0511. The minimum atomic E-state index is -3.80. The average molecular weight is 247 g/mol. The van der Waals surface area contributed by atoms with E-state index in [2.05, 4.69) is 0 Å². The quantitative estimate of drug-likeness (QED) is 0.826. The van der Waals surface area contributed by atoms with Crippen molar-refractivity contribution < 1.29 is 25.3 Å². The molecule has 0 aliphatic rings. The van der Waals surface area contributed by atoms with Gasteiger partial charge in [-0.1, -0.05) is 0 Å². The van der Waals surface area contributed by atoms with Crippen molar-refractivity contribution in [2.45, 2.75) is 19.4 Å². The summed E-state index contributed by atoms with van der Waals surface area (Å²) < 4.78 is 121. The highest BCUT2D eigenvalue weighted by Crippen LogP contribution is 2.22. The van der Waals surface area contributed by atoms with Crippen molar-refractivity contribution in [3.63, 3.8) is 0 Å². The van der Waals surface area contributed by atoms with Gasteiger partial charge in [-0.2, -0.15) is 0 Å². The molecule has 1 atom stereocenters. The van der Waals surface area contributed by atoms with E-state index in [1.54, 1.807) is 0 Å². The maximum atomic E-state index is 8.50. The first-order valence-corrected chi connectivity index (χ1v) is 4.64. The van der Waals surface area contributed by atoms with Gasteiger partial charge in [-0.3, -0.25) is 0 Å². The van der Waals surface area contributed by atoms with Gasteiger partial charge in [0.05, 0.1) is 13.9 Å². The Morgan fingerprint density at radius 3 is 3.24 bits per heavy atom. The Hall–Kier alpha value is -1.48. The Balaban J connectivity index is 2.77. The van der Waals surface area contributed by atoms with Crippen molar-refractivity contribution in [3.8, 4) is 5.75 Å². The number of rotatable bonds is 4. The van der Waals surface area contributed by atoms with E-state index in [0.717, 1.165) is 12.3 Å². The van der Waals surface area contributed by atoms with Crippen molar-refractivity contribution in [2.75, 3.05) is 21.0 Å². The summed E-state index contributed by atoms with van der Waals surface area (Å²) in [5.41, 5.74) is -0.0511. The molecule has 0 N–H and O–H groups in total. The SMILES string of the molecule is [2H]C([2H])([2H])Oc1ccc2c(ccn2C([2H])([2H])[C@@]([2H])(N(C([2H])([2H])[2H])C([2H])([2H])[2H])C([2H])([2H])[2H])c1. The number of ether oxygens (including phenoxy) is 1. The van der Waals surface area contributed by atoms with E-state index in [1.807, 2.05) is 0 Å². The molecule has 92 valence electrons. The van der Waals surface area contributed by atoms with Crippen molar-refractivity contribution in [3.05, 3.63) is 30.5 Å². The minimum Gasteiger partial charge on any atom is -0.497 e. The van der Waals surface area contributed by atoms with Crippen molar-refractivity contribution in [1.29, 1.82) is 0 Å². The van der Waals surface area contributed by atoms with Crippen LogP contribution in [0.25, 0.3) is 10.9 Å². The van der Waals surface area contributed by atoms with Crippen molar-refractivity contribution in [1.82, 2.24) is 9.47 Å². The molecule has 0 unspecified atom stereocenters. The van der Waals surface area contributed by atoms with Crippen LogP contribution in [0.4, 0.5) is 0 Å². The molecule has 3 heteroatoms. The second-order valence-corrected chi connectivity index (χ2v) is 3.30. The number of benzene rings is 1. The Labute approximate surface area is 124 Å². The molecular weight excluding hydrogens is 212 g/mol. The van der Waals surface area contributed by atoms with Crippen LogP contribution in [0.5, 0.6) is 5.75 Å². The smallest absolute Gasteiger partial charge is 0.119 e. The highest BCUT2D eigenvalue weighted by atomic mass is 16.5. The van der Waals surface area contributed by atoms with Gasteiger partial charge in [0.1, 0.15) is 5.75 Å². The molecule has 0 spiro atoms. The summed E-state index contributed by atoms with van der Waals surface area (Å²) in [5.74, 6) is -0.102. The molecule has 1 aromatic carbocycles. The Bertz CT molecular complexity index is 954. The van der Waals surface area contributed by atoms with Crippen LogP contribution >= 0.6 is 0 Å². The first-order valence-electron chi connectivity index (χ1n) is 12.1. The normalized spacial score (nSPS) is 31.9. The summed E-state index contributed by atoms with van der Waals surface area (Å²) in [5, 5.41) is 0.179. The van der Waals surface area contributed by atoms with Crippen LogP contribution in [0.2, 0.25) is 0 Å². The second kappa shape index (κ2) is 4.80. The van der Waals surface area contributed by atoms with Gasteiger partial charge in [-0.05, 0) is 45.1 Å². The number of nitrogens with zero attached hydrogens (tertiary/aromatic N) is 2. The monoisotopic (exact) mass is 247 g/mol. The average Bonchev–Trinajstić information content (AvgIpc) is 2.92. The van der Waals surface area contributed by atoms with E-state index in [9.17, 15) is 0 Å². The number of aromatic nitrogens is 1. The van der Waals surface area contributed by atoms with Crippen LogP contribution < -0.4 is 4.74 Å². The van der Waals surface area contributed by atoms with Gasteiger partial charge in [-0.15, -0.1) is 0 Å². The molecule has 2 rings (SSSR count). The summed E-state index contributed by atoms with van der Waals surface area (Å²) in [7, 11) is -2.76. The zero-order chi connectivity index (χ0) is 25.1. The largest absolute Gasteiger partial charge is 0.497 e. The number of likely N-dealkylation sites (N-methyl/N-ethyl adjacent to an activating group) is 1. The third-order valence-corrected chi connectivity index (χ3v) is 2.23. The van der Waals surface area contributed by atoms with Gasteiger partial charge in [0.15, 0.2) is 0 Å². The van der Waals surface area contributed by atoms with Gasteiger partial charge in [-0.25, -0.2) is 0 Å².